The molecule has 2 fully saturated rings. The van der Waals surface area contributed by atoms with Crippen LogP contribution in [0.4, 0.5) is 0 Å². The van der Waals surface area contributed by atoms with Gasteiger partial charge < -0.3 is 24.8 Å². The van der Waals surface area contributed by atoms with Crippen LogP contribution in [0.1, 0.15) is 72.0 Å². The minimum atomic E-state index is -3.96. The lowest BCUT2D eigenvalue weighted by molar-refractivity contribution is -0.276. The van der Waals surface area contributed by atoms with Gasteiger partial charge in [-0.3, -0.25) is 4.79 Å². The second-order valence-corrected chi connectivity index (χ2v) is 17.1. The van der Waals surface area contributed by atoms with Crippen LogP contribution < -0.4 is 10.0 Å². The molecule has 0 aromatic heterocycles. The van der Waals surface area contributed by atoms with Crippen molar-refractivity contribution in [1.82, 2.24) is 14.9 Å². The fourth-order valence-corrected chi connectivity index (χ4v) is 8.97. The lowest BCUT2D eigenvalue weighted by Gasteiger charge is -2.43. The number of hydrogen-bond donors (Lipinski definition) is 3. The highest BCUT2D eigenvalue weighted by molar-refractivity contribution is 7.89. The number of piperidine rings is 1. The maximum atomic E-state index is 13.7. The van der Waals surface area contributed by atoms with Crippen molar-refractivity contribution in [2.45, 2.75) is 82.1 Å². The van der Waals surface area contributed by atoms with Crippen LogP contribution in [0.2, 0.25) is 0 Å². The molecule has 5 aromatic carbocycles. The third-order valence-electron chi connectivity index (χ3n) is 11.1. The summed E-state index contributed by atoms with van der Waals surface area (Å²) >= 11 is 0. The Morgan fingerprint density at radius 1 is 0.772 bits per heavy atom. The summed E-state index contributed by atoms with van der Waals surface area (Å²) in [7, 11) is -3.96. The summed E-state index contributed by atoms with van der Waals surface area (Å²) in [4.78, 5) is 16.3. The van der Waals surface area contributed by atoms with E-state index in [0.717, 1.165) is 64.1 Å². The van der Waals surface area contributed by atoms with Crippen LogP contribution in [-0.4, -0.2) is 56.1 Å². The molecule has 5 aromatic rings. The molecule has 3 N–H and O–H groups in total. The molecule has 0 spiro atoms. The van der Waals surface area contributed by atoms with Gasteiger partial charge in [-0.2, -0.15) is 4.72 Å². The molecule has 1 amide bonds. The SMILES string of the molecule is Cc1ccc(S(=O)(=O)NC(Cc2ccccc2)C(=O)NCc2cccc(-c3cccc(C4OC(CN5CCCCC5)C(C)C(c5ccc(CO)cc5)O4)c3)c2)cc1. The number of ether oxygens (including phenoxy) is 2. The summed E-state index contributed by atoms with van der Waals surface area (Å²) in [6.07, 6.45) is 3.08. The Labute approximate surface area is 337 Å². The van der Waals surface area contributed by atoms with E-state index in [4.69, 9.17) is 9.47 Å². The van der Waals surface area contributed by atoms with Gasteiger partial charge in [0.2, 0.25) is 15.9 Å². The van der Waals surface area contributed by atoms with Crippen molar-refractivity contribution in [2.24, 2.45) is 5.92 Å². The monoisotopic (exact) mass is 787 g/mol. The Kier molecular flexibility index (Phi) is 13.3. The van der Waals surface area contributed by atoms with Crippen LogP contribution in [0.15, 0.2) is 132 Å². The molecule has 2 heterocycles. The Morgan fingerprint density at radius 3 is 2.18 bits per heavy atom. The van der Waals surface area contributed by atoms with Gasteiger partial charge in [-0.05, 0) is 96.9 Å². The minimum absolute atomic E-state index is 0.00408. The summed E-state index contributed by atoms with van der Waals surface area (Å²) in [5, 5.41) is 12.6. The fourth-order valence-electron chi connectivity index (χ4n) is 7.77. The maximum absolute atomic E-state index is 13.7. The van der Waals surface area contributed by atoms with E-state index < -0.39 is 28.3 Å². The van der Waals surface area contributed by atoms with Crippen molar-refractivity contribution in [3.05, 3.63) is 161 Å². The molecule has 5 unspecified atom stereocenters. The predicted octanol–water partition coefficient (Wildman–Crippen LogP) is 7.64. The van der Waals surface area contributed by atoms with Crippen LogP contribution in [0.25, 0.3) is 11.1 Å². The average molecular weight is 788 g/mol. The lowest BCUT2D eigenvalue weighted by Crippen LogP contribution is -2.47. The highest BCUT2D eigenvalue weighted by atomic mass is 32.2. The second kappa shape index (κ2) is 18.7. The Hall–Kier alpha value is -4.68. The zero-order valence-electron chi connectivity index (χ0n) is 32.7. The molecule has 0 bridgehead atoms. The quantitative estimate of drug-likeness (QED) is 0.106. The van der Waals surface area contributed by atoms with E-state index >= 15 is 0 Å². The number of rotatable bonds is 14. The molecule has 0 aliphatic carbocycles. The molecule has 2 saturated heterocycles. The van der Waals surface area contributed by atoms with Crippen LogP contribution >= 0.6 is 0 Å². The van der Waals surface area contributed by atoms with Gasteiger partial charge in [0, 0.05) is 24.6 Å². The molecule has 298 valence electrons. The highest BCUT2D eigenvalue weighted by Crippen LogP contribution is 2.42. The highest BCUT2D eigenvalue weighted by Gasteiger charge is 2.39. The fraction of sp³-hybridized carbons (Fsp3) is 0.340. The first-order valence-electron chi connectivity index (χ1n) is 20.0. The predicted molar refractivity (Wildman–Crippen MR) is 222 cm³/mol. The Morgan fingerprint density at radius 2 is 1.46 bits per heavy atom. The van der Waals surface area contributed by atoms with E-state index in [2.05, 4.69) is 46.1 Å². The van der Waals surface area contributed by atoms with Crippen molar-refractivity contribution in [2.75, 3.05) is 19.6 Å². The minimum Gasteiger partial charge on any atom is -0.392 e. The van der Waals surface area contributed by atoms with Crippen molar-refractivity contribution in [3.8, 4) is 11.1 Å². The molecule has 5 atom stereocenters. The van der Waals surface area contributed by atoms with E-state index in [-0.39, 0.29) is 42.6 Å². The van der Waals surface area contributed by atoms with E-state index in [0.29, 0.717) is 0 Å². The number of likely N-dealkylation sites (tertiary alicyclic amines) is 1. The molecule has 0 radical (unpaired) electrons. The van der Waals surface area contributed by atoms with Gasteiger partial charge in [0.05, 0.1) is 23.7 Å². The molecule has 9 nitrogen and oxygen atoms in total. The average Bonchev–Trinajstić information content (AvgIpc) is 3.24. The maximum Gasteiger partial charge on any atom is 0.241 e. The molecule has 10 heteroatoms. The topological polar surface area (TPSA) is 117 Å². The van der Waals surface area contributed by atoms with Gasteiger partial charge in [0.25, 0.3) is 0 Å². The van der Waals surface area contributed by atoms with Crippen LogP contribution in [0.5, 0.6) is 0 Å². The third kappa shape index (κ3) is 10.4. The molecule has 57 heavy (non-hydrogen) atoms. The summed E-state index contributed by atoms with van der Waals surface area (Å²) in [6, 6.07) is 39.2. The number of carbonyl (C=O) groups is 1. The first kappa shape index (κ1) is 40.5. The van der Waals surface area contributed by atoms with Gasteiger partial charge >= 0.3 is 0 Å². The smallest absolute Gasteiger partial charge is 0.241 e. The molecular formula is C47H53N3O6S. The van der Waals surface area contributed by atoms with E-state index in [1.165, 1.54) is 19.3 Å². The molecule has 2 aliphatic heterocycles. The normalized spacial score (nSPS) is 20.8. The first-order valence-corrected chi connectivity index (χ1v) is 21.5. The summed E-state index contributed by atoms with van der Waals surface area (Å²) in [6.45, 7) is 7.32. The standard InChI is InChI=1S/C47H53N3O6S/c1-33-17-23-42(24-18-33)57(53,54)49-43(28-35-11-5-3-6-12-35)46(52)48-30-37-13-9-14-39(27-37)40-15-10-16-41(29-40)47-55-44(31-50-25-7-4-8-26-50)34(2)45(56-47)38-21-19-36(32-51)20-22-38/h3,5-6,9-24,27,29,34,43-45,47,49,51H,4,7-8,25-26,28,30-32H2,1-2H3,(H,48,52). The number of aryl methyl sites for hydroxylation is 1. The van der Waals surface area contributed by atoms with Crippen molar-refractivity contribution in [1.29, 1.82) is 0 Å². The number of aliphatic hydroxyl groups is 1. The van der Waals surface area contributed by atoms with Gasteiger partial charge in [-0.15, -0.1) is 0 Å². The van der Waals surface area contributed by atoms with Gasteiger partial charge in [0.1, 0.15) is 6.04 Å². The van der Waals surface area contributed by atoms with Crippen molar-refractivity contribution in [3.63, 3.8) is 0 Å². The number of hydrogen-bond acceptors (Lipinski definition) is 7. The zero-order chi connectivity index (χ0) is 39.8. The summed E-state index contributed by atoms with van der Waals surface area (Å²) in [5.41, 5.74) is 7.46. The third-order valence-corrected chi connectivity index (χ3v) is 12.6. The zero-order valence-corrected chi connectivity index (χ0v) is 33.5. The van der Waals surface area contributed by atoms with Gasteiger partial charge in [0.15, 0.2) is 6.29 Å². The van der Waals surface area contributed by atoms with Gasteiger partial charge in [-0.25, -0.2) is 8.42 Å². The van der Waals surface area contributed by atoms with Crippen LogP contribution in [0.3, 0.4) is 0 Å². The number of benzene rings is 5. The van der Waals surface area contributed by atoms with Crippen molar-refractivity contribution < 1.29 is 27.8 Å². The number of sulfonamides is 1. The molecule has 2 aliphatic rings. The Balaban J connectivity index is 1.07. The summed E-state index contributed by atoms with van der Waals surface area (Å²) in [5.74, 6) is -0.300. The number of nitrogens with zero attached hydrogens (tertiary/aromatic N) is 1. The summed E-state index contributed by atoms with van der Waals surface area (Å²) < 4.78 is 43.0. The van der Waals surface area contributed by atoms with Crippen molar-refractivity contribution >= 4 is 15.9 Å². The first-order chi connectivity index (χ1) is 27.6. The van der Waals surface area contributed by atoms with E-state index in [1.54, 1.807) is 24.3 Å². The Bertz CT molecular complexity index is 2190. The lowest BCUT2D eigenvalue weighted by atomic mass is 9.89. The van der Waals surface area contributed by atoms with Crippen LogP contribution in [0, 0.1) is 12.8 Å². The molecule has 7 rings (SSSR count). The number of nitrogens with one attached hydrogen (secondary N) is 2. The number of amides is 1. The van der Waals surface area contributed by atoms with Crippen LogP contribution in [-0.2, 0) is 43.9 Å². The number of carbonyl (C=O) groups excluding carboxylic acids is 1. The molecule has 0 saturated carbocycles. The molecular weight excluding hydrogens is 735 g/mol. The number of aliphatic hydroxyl groups excluding tert-OH is 1. The van der Waals surface area contributed by atoms with Gasteiger partial charge in [-0.1, -0.05) is 122 Å². The second-order valence-electron chi connectivity index (χ2n) is 15.4. The van der Waals surface area contributed by atoms with E-state index in [1.807, 2.05) is 85.8 Å². The largest absolute Gasteiger partial charge is 0.392 e. The van der Waals surface area contributed by atoms with E-state index in [9.17, 15) is 18.3 Å².